The van der Waals surface area contributed by atoms with Crippen LogP contribution < -0.4 is 5.32 Å². The molecule has 1 N–H and O–H groups in total. The Hall–Kier alpha value is -2.15. The first-order valence-corrected chi connectivity index (χ1v) is 8.54. The summed E-state index contributed by atoms with van der Waals surface area (Å²) in [6.07, 6.45) is 5.47. The van der Waals surface area contributed by atoms with Gasteiger partial charge in [-0.15, -0.1) is 11.8 Å². The number of rotatable bonds is 5. The number of hydrogen-bond donors (Lipinski definition) is 1. The molecular weight excluding hydrogens is 316 g/mol. The minimum absolute atomic E-state index is 0.134. The monoisotopic (exact) mass is 334 g/mol. The molecular formula is C16H18N2O4S. The molecule has 1 aliphatic heterocycles. The van der Waals surface area contributed by atoms with Crippen molar-refractivity contribution in [1.82, 2.24) is 10.2 Å². The third-order valence-electron chi connectivity index (χ3n) is 3.65. The van der Waals surface area contributed by atoms with Gasteiger partial charge >= 0.3 is 0 Å². The highest BCUT2D eigenvalue weighted by Gasteiger charge is 2.43. The van der Waals surface area contributed by atoms with Gasteiger partial charge in [-0.05, 0) is 24.6 Å². The maximum atomic E-state index is 12.8. The highest BCUT2D eigenvalue weighted by atomic mass is 32.2. The molecule has 2 amide bonds. The quantitative estimate of drug-likeness (QED) is 0.910. The smallest absolute Gasteiger partial charge is 0.291 e. The van der Waals surface area contributed by atoms with E-state index in [2.05, 4.69) is 5.32 Å². The van der Waals surface area contributed by atoms with Crippen molar-refractivity contribution in [2.45, 2.75) is 24.8 Å². The maximum Gasteiger partial charge on any atom is 0.291 e. The minimum atomic E-state index is -0.524. The van der Waals surface area contributed by atoms with Crippen LogP contribution in [0.2, 0.25) is 0 Å². The first-order chi connectivity index (χ1) is 11.2. The van der Waals surface area contributed by atoms with E-state index in [-0.39, 0.29) is 22.9 Å². The lowest BCUT2D eigenvalue weighted by Crippen LogP contribution is -2.48. The average molecular weight is 334 g/mol. The zero-order valence-corrected chi connectivity index (χ0v) is 13.5. The summed E-state index contributed by atoms with van der Waals surface area (Å²) in [5.41, 5.74) is 0.862. The molecule has 1 fully saturated rings. The average Bonchev–Trinajstić information content (AvgIpc) is 3.32. The second-order valence-electron chi connectivity index (χ2n) is 5.24. The number of furan rings is 2. The molecule has 0 aliphatic carbocycles. The van der Waals surface area contributed by atoms with E-state index in [1.807, 2.05) is 13.0 Å². The van der Waals surface area contributed by atoms with Crippen LogP contribution in [0.5, 0.6) is 0 Å². The molecule has 7 heteroatoms. The molecule has 1 aliphatic rings. The van der Waals surface area contributed by atoms with Gasteiger partial charge < -0.3 is 19.1 Å². The molecule has 2 aromatic heterocycles. The molecule has 2 aromatic rings. The van der Waals surface area contributed by atoms with Gasteiger partial charge in [-0.3, -0.25) is 9.59 Å². The van der Waals surface area contributed by atoms with Gasteiger partial charge in [0, 0.05) is 17.9 Å². The fraction of sp³-hybridized carbons (Fsp3) is 0.375. The molecule has 2 atom stereocenters. The minimum Gasteiger partial charge on any atom is -0.472 e. The van der Waals surface area contributed by atoms with E-state index in [1.165, 1.54) is 6.26 Å². The SMILES string of the molecule is CCCNC(=O)C1CSC(c2ccoc2)N1C(=O)c1ccco1. The highest BCUT2D eigenvalue weighted by molar-refractivity contribution is 7.99. The van der Waals surface area contributed by atoms with Crippen LogP contribution in [0.4, 0.5) is 0 Å². The summed E-state index contributed by atoms with van der Waals surface area (Å²) in [4.78, 5) is 26.8. The lowest BCUT2D eigenvalue weighted by molar-refractivity contribution is -0.124. The van der Waals surface area contributed by atoms with Crippen molar-refractivity contribution in [2.75, 3.05) is 12.3 Å². The van der Waals surface area contributed by atoms with Gasteiger partial charge in [0.05, 0.1) is 18.8 Å². The highest BCUT2D eigenvalue weighted by Crippen LogP contribution is 2.42. The summed E-state index contributed by atoms with van der Waals surface area (Å²) in [6.45, 7) is 2.59. The van der Waals surface area contributed by atoms with Crippen molar-refractivity contribution in [3.05, 3.63) is 48.3 Å². The summed E-state index contributed by atoms with van der Waals surface area (Å²) in [6, 6.07) is 4.56. The van der Waals surface area contributed by atoms with E-state index in [1.54, 1.807) is 41.3 Å². The Bertz CT molecular complexity index is 654. The predicted octanol–water partition coefficient (Wildman–Crippen LogP) is 2.66. The number of nitrogens with zero attached hydrogens (tertiary/aromatic N) is 1. The summed E-state index contributed by atoms with van der Waals surface area (Å²) in [5.74, 6) is 0.347. The molecule has 1 saturated heterocycles. The molecule has 3 heterocycles. The van der Waals surface area contributed by atoms with Crippen LogP contribution in [0, 0.1) is 0 Å². The standard InChI is InChI=1S/C16H18N2O4S/c1-2-6-17-14(19)12-10-23-16(11-5-8-21-9-11)18(12)15(20)13-4-3-7-22-13/h3-5,7-9,12,16H,2,6,10H2,1H3,(H,17,19). The Morgan fingerprint density at radius 2 is 2.26 bits per heavy atom. The summed E-state index contributed by atoms with van der Waals surface area (Å²) >= 11 is 1.55. The van der Waals surface area contributed by atoms with Gasteiger partial charge in [0.15, 0.2) is 5.76 Å². The molecule has 0 aromatic carbocycles. The molecule has 23 heavy (non-hydrogen) atoms. The Kier molecular flexibility index (Phi) is 4.76. The zero-order valence-electron chi connectivity index (χ0n) is 12.7. The third kappa shape index (κ3) is 3.14. The van der Waals surface area contributed by atoms with E-state index in [9.17, 15) is 9.59 Å². The number of nitrogens with one attached hydrogen (secondary N) is 1. The Morgan fingerprint density at radius 1 is 1.39 bits per heavy atom. The van der Waals surface area contributed by atoms with Gasteiger partial charge in [-0.25, -0.2) is 0 Å². The van der Waals surface area contributed by atoms with E-state index in [0.717, 1.165) is 12.0 Å². The molecule has 3 rings (SSSR count). The van der Waals surface area contributed by atoms with E-state index < -0.39 is 6.04 Å². The van der Waals surface area contributed by atoms with Crippen LogP contribution in [0.1, 0.15) is 34.8 Å². The van der Waals surface area contributed by atoms with Crippen LogP contribution in [0.25, 0.3) is 0 Å². The van der Waals surface area contributed by atoms with Gasteiger partial charge in [-0.1, -0.05) is 6.92 Å². The molecule has 0 saturated carbocycles. The first-order valence-electron chi connectivity index (χ1n) is 7.50. The molecule has 0 bridgehead atoms. The van der Waals surface area contributed by atoms with Gasteiger partial charge in [-0.2, -0.15) is 0 Å². The zero-order chi connectivity index (χ0) is 16.2. The molecule has 6 nitrogen and oxygen atoms in total. The lowest BCUT2D eigenvalue weighted by Gasteiger charge is -2.27. The lowest BCUT2D eigenvalue weighted by atomic mass is 10.2. The second-order valence-corrected chi connectivity index (χ2v) is 6.35. The van der Waals surface area contributed by atoms with E-state index in [0.29, 0.717) is 12.3 Å². The number of carbonyl (C=O) groups is 2. The van der Waals surface area contributed by atoms with Gasteiger partial charge in [0.2, 0.25) is 5.91 Å². The fourth-order valence-electron chi connectivity index (χ4n) is 2.52. The van der Waals surface area contributed by atoms with Crippen molar-refractivity contribution < 1.29 is 18.4 Å². The van der Waals surface area contributed by atoms with Crippen molar-refractivity contribution >= 4 is 23.6 Å². The van der Waals surface area contributed by atoms with Crippen LogP contribution in [-0.4, -0.2) is 35.1 Å². The summed E-state index contributed by atoms with van der Waals surface area (Å²) in [5, 5.41) is 2.61. The van der Waals surface area contributed by atoms with Crippen molar-refractivity contribution in [1.29, 1.82) is 0 Å². The summed E-state index contributed by atoms with van der Waals surface area (Å²) < 4.78 is 10.4. The van der Waals surface area contributed by atoms with Crippen LogP contribution in [-0.2, 0) is 4.79 Å². The molecule has 0 spiro atoms. The number of hydrogen-bond acceptors (Lipinski definition) is 5. The largest absolute Gasteiger partial charge is 0.472 e. The normalized spacial score (nSPS) is 20.7. The fourth-order valence-corrected chi connectivity index (χ4v) is 3.93. The van der Waals surface area contributed by atoms with E-state index in [4.69, 9.17) is 8.83 Å². The van der Waals surface area contributed by atoms with E-state index >= 15 is 0 Å². The first kappa shape index (κ1) is 15.7. The third-order valence-corrected chi connectivity index (χ3v) is 4.97. The summed E-state index contributed by atoms with van der Waals surface area (Å²) in [7, 11) is 0. The second kappa shape index (κ2) is 6.95. The molecule has 122 valence electrons. The van der Waals surface area contributed by atoms with Crippen LogP contribution >= 0.6 is 11.8 Å². The van der Waals surface area contributed by atoms with Crippen molar-refractivity contribution in [3.8, 4) is 0 Å². The topological polar surface area (TPSA) is 75.7 Å². The van der Waals surface area contributed by atoms with Gasteiger partial charge in [0.1, 0.15) is 11.4 Å². The molecule has 0 radical (unpaired) electrons. The van der Waals surface area contributed by atoms with Gasteiger partial charge in [0.25, 0.3) is 5.91 Å². The number of amides is 2. The predicted molar refractivity (Wildman–Crippen MR) is 85.9 cm³/mol. The number of carbonyl (C=O) groups excluding carboxylic acids is 2. The van der Waals surface area contributed by atoms with Crippen LogP contribution in [0.3, 0.4) is 0 Å². The molecule has 2 unspecified atom stereocenters. The Balaban J connectivity index is 1.87. The van der Waals surface area contributed by atoms with Crippen molar-refractivity contribution in [2.24, 2.45) is 0 Å². The van der Waals surface area contributed by atoms with Crippen LogP contribution in [0.15, 0.2) is 45.8 Å². The maximum absolute atomic E-state index is 12.8. The Labute approximate surface area is 138 Å². The van der Waals surface area contributed by atoms with Crippen molar-refractivity contribution in [3.63, 3.8) is 0 Å². The Morgan fingerprint density at radius 3 is 2.91 bits per heavy atom. The number of thioether (sulfide) groups is 1.